The molecule has 0 saturated carbocycles. The van der Waals surface area contributed by atoms with Crippen molar-refractivity contribution in [2.24, 2.45) is 20.0 Å². The first kappa shape index (κ1) is 20.8. The Balaban J connectivity index is 0.000000443. The number of fused-ring (bicyclic) bond motifs is 4. The quantitative estimate of drug-likeness (QED) is 0.205. The largest absolute Gasteiger partial charge is 2.00 e. The second kappa shape index (κ2) is 9.02. The normalized spacial score (nSPS) is 19.9. The van der Waals surface area contributed by atoms with Crippen molar-refractivity contribution in [2.75, 3.05) is 0 Å². The van der Waals surface area contributed by atoms with E-state index in [9.17, 15) is 0 Å². The Morgan fingerprint density at radius 3 is 1.55 bits per heavy atom. The van der Waals surface area contributed by atoms with Crippen LogP contribution in [0, 0.1) is 6.08 Å². The molecule has 5 aliphatic rings. The van der Waals surface area contributed by atoms with Crippen LogP contribution in [0.2, 0.25) is 0 Å². The van der Waals surface area contributed by atoms with Gasteiger partial charge in [0.2, 0.25) is 0 Å². The van der Waals surface area contributed by atoms with Gasteiger partial charge in [-0.15, -0.1) is 12.2 Å². The van der Waals surface area contributed by atoms with Crippen molar-refractivity contribution in [1.29, 1.82) is 0 Å². The maximum atomic E-state index is 8.56. The van der Waals surface area contributed by atoms with Crippen LogP contribution in [0.15, 0.2) is 110 Å². The molecule has 9 heteroatoms. The van der Waals surface area contributed by atoms with Crippen molar-refractivity contribution in [3.8, 4) is 0 Å². The Hall–Kier alpha value is -2.97. The van der Waals surface area contributed by atoms with E-state index < -0.39 is 11.0 Å². The second-order valence-electron chi connectivity index (χ2n) is 5.89. The van der Waals surface area contributed by atoms with Gasteiger partial charge in [0.15, 0.2) is 0 Å². The average Bonchev–Trinajstić information content (AvgIpc) is 3.39. The maximum Gasteiger partial charge on any atom is 2.00 e. The van der Waals surface area contributed by atoms with E-state index in [0.29, 0.717) is 0 Å². The first-order valence-corrected chi connectivity index (χ1v) is 9.21. The molecular weight excluding hydrogens is 431 g/mol. The van der Waals surface area contributed by atoms with Crippen LogP contribution < -0.4 is 0 Å². The van der Waals surface area contributed by atoms with Gasteiger partial charge in [-0.05, 0) is 54.3 Å². The molecule has 1 N–H and O–H groups in total. The van der Waals surface area contributed by atoms with Crippen LogP contribution in [0.4, 0.5) is 0 Å². The summed E-state index contributed by atoms with van der Waals surface area (Å²) in [7, 11) is -2.86. The topological polar surface area (TPSA) is 104 Å². The molecule has 0 aromatic carbocycles. The standard InChI is InChI=1S/C20H11N4.Mn.HO3S/c1-2-14-10-16-5-6-18(23-16)12-20-8-7-19(24-20)11-17-4-3-15(22-17)9-13(1)21-14;;1-4(2)3/h1-7,9-12H;;(H,1,2,3)/q-1;+2;-1. The van der Waals surface area contributed by atoms with E-state index in [1.54, 1.807) is 0 Å². The van der Waals surface area contributed by atoms with E-state index in [1.165, 1.54) is 0 Å². The Labute approximate surface area is 179 Å². The molecule has 0 aromatic heterocycles. The van der Waals surface area contributed by atoms with Crippen LogP contribution in [0.25, 0.3) is 0 Å². The molecular formula is C20H12MnN4O3S. The van der Waals surface area contributed by atoms with Gasteiger partial charge in [-0.2, -0.15) is 6.08 Å². The minimum Gasteiger partial charge on any atom is -0.439 e. The molecule has 0 saturated heterocycles. The summed E-state index contributed by atoms with van der Waals surface area (Å²) in [5.74, 6) is 0. The zero-order valence-electron chi connectivity index (χ0n) is 14.7. The van der Waals surface area contributed by atoms with Crippen LogP contribution in [-0.4, -0.2) is 27.4 Å². The Kier molecular flexibility index (Phi) is 6.46. The smallest absolute Gasteiger partial charge is 0.439 e. The van der Waals surface area contributed by atoms with Gasteiger partial charge >= 0.3 is 17.1 Å². The molecule has 0 amide bonds. The molecule has 1 radical (unpaired) electrons. The predicted octanol–water partition coefficient (Wildman–Crippen LogP) is 3.15. The number of aliphatic imine (C=N–C) groups is 4. The van der Waals surface area contributed by atoms with Crippen LogP contribution in [0.1, 0.15) is 0 Å². The van der Waals surface area contributed by atoms with Crippen molar-refractivity contribution in [1.82, 2.24) is 0 Å². The van der Waals surface area contributed by atoms with Gasteiger partial charge in [0.05, 0.1) is 28.5 Å². The third-order valence-electron chi connectivity index (χ3n) is 3.84. The van der Waals surface area contributed by atoms with E-state index in [2.05, 4.69) is 26.0 Å². The van der Waals surface area contributed by atoms with Crippen LogP contribution in [0.3, 0.4) is 0 Å². The molecule has 143 valence electrons. The second-order valence-corrected chi connectivity index (χ2v) is 6.32. The number of allylic oxidation sites excluding steroid dienone is 12. The van der Waals surface area contributed by atoms with Gasteiger partial charge < -0.3 is 18.0 Å². The maximum absolute atomic E-state index is 8.56. The average molecular weight is 443 g/mol. The third-order valence-corrected chi connectivity index (χ3v) is 3.84. The fourth-order valence-corrected chi connectivity index (χ4v) is 2.76. The molecule has 5 aliphatic heterocycles. The minimum absolute atomic E-state index is 0. The van der Waals surface area contributed by atoms with Gasteiger partial charge in [-0.25, -0.2) is 4.99 Å². The van der Waals surface area contributed by atoms with Crippen LogP contribution in [0.5, 0.6) is 0 Å². The fourth-order valence-electron chi connectivity index (χ4n) is 2.76. The molecule has 5 heterocycles. The molecule has 0 unspecified atom stereocenters. The van der Waals surface area contributed by atoms with Gasteiger partial charge in [-0.1, -0.05) is 11.8 Å². The Morgan fingerprint density at radius 1 is 0.655 bits per heavy atom. The first-order valence-electron chi connectivity index (χ1n) is 8.17. The van der Waals surface area contributed by atoms with Crippen LogP contribution in [-0.2, 0) is 36.5 Å². The minimum atomic E-state index is -2.86. The fraction of sp³-hybridized carbons (Fsp3) is 0. The summed E-state index contributed by atoms with van der Waals surface area (Å²) in [6.07, 6.45) is 24.7. The molecule has 0 aromatic rings. The van der Waals surface area contributed by atoms with Crippen molar-refractivity contribution < 1.29 is 30.0 Å². The number of rotatable bonds is 0. The summed E-state index contributed by atoms with van der Waals surface area (Å²) in [6, 6.07) is 0. The van der Waals surface area contributed by atoms with E-state index in [-0.39, 0.29) is 17.1 Å². The van der Waals surface area contributed by atoms with Crippen molar-refractivity contribution >= 4 is 33.8 Å². The van der Waals surface area contributed by atoms with Gasteiger partial charge in [0, 0.05) is 16.7 Å². The number of hydrogen-bond donors (Lipinski definition) is 1. The van der Waals surface area contributed by atoms with Crippen molar-refractivity contribution in [3.05, 3.63) is 95.7 Å². The molecule has 0 fully saturated rings. The summed E-state index contributed by atoms with van der Waals surface area (Å²) >= 11 is 0. The summed E-state index contributed by atoms with van der Waals surface area (Å²) in [4.78, 5) is 18.3. The molecule has 29 heavy (non-hydrogen) atoms. The Bertz CT molecular complexity index is 1010. The molecule has 0 spiro atoms. The first-order chi connectivity index (χ1) is 13.5. The molecule has 8 bridgehead atoms. The number of hydrogen-bond acceptors (Lipinski definition) is 7. The summed E-state index contributed by atoms with van der Waals surface area (Å²) in [5, 5.41) is 0. The molecule has 7 nitrogen and oxygen atoms in total. The van der Waals surface area contributed by atoms with Gasteiger partial charge in [-0.3, -0.25) is 9.98 Å². The number of nitrogens with zero attached hydrogens (tertiary/aromatic N) is 4. The summed E-state index contributed by atoms with van der Waals surface area (Å²) < 4.78 is 24.1. The summed E-state index contributed by atoms with van der Waals surface area (Å²) in [5.41, 5.74) is 6.88. The molecule has 0 aliphatic carbocycles. The van der Waals surface area contributed by atoms with E-state index in [0.717, 1.165) is 45.6 Å². The van der Waals surface area contributed by atoms with Crippen LogP contribution >= 0.6 is 0 Å². The van der Waals surface area contributed by atoms with E-state index >= 15 is 0 Å². The molecule has 5 rings (SSSR count). The SMILES string of the molecule is O=[S-](=O)O.[C-]1=CC2=NC1=CC1=NC(=CC3=NC(=CC4=NC(=C2)C=C4)C=C3)C=C1.[Mn+2]. The Morgan fingerprint density at radius 2 is 1.07 bits per heavy atom. The zero-order chi connectivity index (χ0) is 19.5. The zero-order valence-corrected chi connectivity index (χ0v) is 16.7. The monoisotopic (exact) mass is 443 g/mol. The predicted molar refractivity (Wildman–Crippen MR) is 109 cm³/mol. The third kappa shape index (κ3) is 5.52. The molecule has 0 atom stereocenters. The van der Waals surface area contributed by atoms with Crippen molar-refractivity contribution in [3.63, 3.8) is 0 Å². The van der Waals surface area contributed by atoms with Crippen molar-refractivity contribution in [2.45, 2.75) is 0 Å². The van der Waals surface area contributed by atoms with Gasteiger partial charge in [0.25, 0.3) is 0 Å². The van der Waals surface area contributed by atoms with E-state index in [1.807, 2.05) is 66.8 Å². The van der Waals surface area contributed by atoms with Gasteiger partial charge in [0.1, 0.15) is 0 Å². The summed E-state index contributed by atoms with van der Waals surface area (Å²) in [6.45, 7) is 0. The van der Waals surface area contributed by atoms with E-state index in [4.69, 9.17) is 13.0 Å².